The summed E-state index contributed by atoms with van der Waals surface area (Å²) < 4.78 is 0. The van der Waals surface area contributed by atoms with Crippen LogP contribution in [0, 0.1) is 0 Å². The summed E-state index contributed by atoms with van der Waals surface area (Å²) >= 11 is 7.26. The van der Waals surface area contributed by atoms with Crippen molar-refractivity contribution in [1.82, 2.24) is 15.6 Å². The summed E-state index contributed by atoms with van der Waals surface area (Å²) in [5.74, 6) is -0.437. The van der Waals surface area contributed by atoms with E-state index in [-0.39, 0.29) is 11.8 Å². The first-order valence-electron chi connectivity index (χ1n) is 7.43. The van der Waals surface area contributed by atoms with Crippen LogP contribution in [0.1, 0.15) is 29.8 Å². The first-order chi connectivity index (χ1) is 11.1. The molecule has 1 saturated heterocycles. The summed E-state index contributed by atoms with van der Waals surface area (Å²) in [7, 11) is 0. The maximum atomic E-state index is 12.3. The van der Waals surface area contributed by atoms with Crippen LogP contribution in [0.2, 0.25) is 5.02 Å². The predicted molar refractivity (Wildman–Crippen MR) is 90.7 cm³/mol. The zero-order valence-electron chi connectivity index (χ0n) is 12.3. The summed E-state index contributed by atoms with van der Waals surface area (Å²) in [6, 6.07) is 6.82. The molecule has 1 atom stereocenters. The Hall–Kier alpha value is -1.92. The highest BCUT2D eigenvalue weighted by atomic mass is 35.5. The third-order valence-corrected chi connectivity index (χ3v) is 4.81. The van der Waals surface area contributed by atoms with Crippen LogP contribution in [0.4, 0.5) is 0 Å². The number of nitrogens with zero attached hydrogens (tertiary/aromatic N) is 1. The molecule has 120 valence electrons. The van der Waals surface area contributed by atoms with Crippen molar-refractivity contribution < 1.29 is 9.59 Å². The van der Waals surface area contributed by atoms with Crippen molar-refractivity contribution in [2.75, 3.05) is 6.54 Å². The number of aromatic nitrogens is 1. The highest BCUT2D eigenvalue weighted by molar-refractivity contribution is 7.13. The molecule has 2 aromatic rings. The fraction of sp³-hybridized carbons (Fsp3) is 0.312. The van der Waals surface area contributed by atoms with Crippen molar-refractivity contribution in [2.45, 2.75) is 25.3 Å². The average molecular weight is 350 g/mol. The van der Waals surface area contributed by atoms with E-state index in [0.717, 1.165) is 23.4 Å². The van der Waals surface area contributed by atoms with Gasteiger partial charge in [0.05, 0.1) is 0 Å². The van der Waals surface area contributed by atoms with Gasteiger partial charge in [0.15, 0.2) is 0 Å². The lowest BCUT2D eigenvalue weighted by Gasteiger charge is -2.14. The summed E-state index contributed by atoms with van der Waals surface area (Å²) in [4.78, 5) is 28.5. The van der Waals surface area contributed by atoms with E-state index in [0.29, 0.717) is 23.7 Å². The Morgan fingerprint density at radius 2 is 2.09 bits per heavy atom. The van der Waals surface area contributed by atoms with Crippen LogP contribution in [0.25, 0.3) is 10.6 Å². The molecule has 2 amide bonds. The van der Waals surface area contributed by atoms with Crippen LogP contribution < -0.4 is 10.6 Å². The third kappa shape index (κ3) is 3.89. The number of nitrogens with one attached hydrogen (secondary N) is 2. The summed E-state index contributed by atoms with van der Waals surface area (Å²) in [5, 5.41) is 8.68. The van der Waals surface area contributed by atoms with E-state index < -0.39 is 6.04 Å². The van der Waals surface area contributed by atoms with E-state index in [4.69, 9.17) is 11.6 Å². The topological polar surface area (TPSA) is 71.1 Å². The Bertz CT molecular complexity index is 714. The molecule has 1 aromatic heterocycles. The standard InChI is InChI=1S/C16H16ClN3O2S/c17-11-6-4-10(5-7-11)16-20-13(9-23-16)15(22)19-12-3-1-2-8-18-14(12)21/h4-7,9,12H,1-3,8H2,(H,18,21)(H,19,22)/t12-/m1/s1. The molecule has 23 heavy (non-hydrogen) atoms. The SMILES string of the molecule is O=C(N[C@@H]1CCCCNC1=O)c1csc(-c2ccc(Cl)cc2)n1. The van der Waals surface area contributed by atoms with Gasteiger partial charge in [-0.3, -0.25) is 9.59 Å². The largest absolute Gasteiger partial charge is 0.354 e. The van der Waals surface area contributed by atoms with Crippen LogP contribution >= 0.6 is 22.9 Å². The van der Waals surface area contributed by atoms with Crippen LogP contribution in [0.15, 0.2) is 29.6 Å². The number of hydrogen-bond acceptors (Lipinski definition) is 4. The van der Waals surface area contributed by atoms with Crippen LogP contribution in [-0.4, -0.2) is 29.4 Å². The first kappa shape index (κ1) is 16.0. The molecule has 0 spiro atoms. The molecule has 3 rings (SSSR count). The summed E-state index contributed by atoms with van der Waals surface area (Å²) in [6.07, 6.45) is 2.51. The van der Waals surface area contributed by atoms with Crippen molar-refractivity contribution >= 4 is 34.8 Å². The molecule has 0 radical (unpaired) electrons. The Labute approximate surface area is 143 Å². The van der Waals surface area contributed by atoms with E-state index in [2.05, 4.69) is 15.6 Å². The number of hydrogen-bond donors (Lipinski definition) is 2. The van der Waals surface area contributed by atoms with Gasteiger partial charge in [-0.1, -0.05) is 23.7 Å². The number of thiazole rings is 1. The first-order valence-corrected chi connectivity index (χ1v) is 8.69. The van der Waals surface area contributed by atoms with E-state index in [1.54, 1.807) is 17.5 Å². The lowest BCUT2D eigenvalue weighted by atomic mass is 10.1. The molecule has 2 heterocycles. The molecule has 0 bridgehead atoms. The number of benzene rings is 1. The zero-order chi connectivity index (χ0) is 16.2. The van der Waals surface area contributed by atoms with Gasteiger partial charge in [-0.15, -0.1) is 11.3 Å². The van der Waals surface area contributed by atoms with Crippen molar-refractivity contribution in [1.29, 1.82) is 0 Å². The maximum Gasteiger partial charge on any atom is 0.271 e. The third-order valence-electron chi connectivity index (χ3n) is 3.67. The molecule has 5 nitrogen and oxygen atoms in total. The quantitative estimate of drug-likeness (QED) is 0.895. The van der Waals surface area contributed by atoms with Crippen LogP contribution in [0.5, 0.6) is 0 Å². The van der Waals surface area contributed by atoms with Gasteiger partial charge in [0.2, 0.25) is 5.91 Å². The van der Waals surface area contributed by atoms with Crippen molar-refractivity contribution in [2.24, 2.45) is 0 Å². The number of halogens is 1. The summed E-state index contributed by atoms with van der Waals surface area (Å²) in [5.41, 5.74) is 1.24. The highest BCUT2D eigenvalue weighted by Gasteiger charge is 2.23. The number of carbonyl (C=O) groups is 2. The minimum atomic E-state index is -0.481. The molecular weight excluding hydrogens is 334 g/mol. The number of rotatable bonds is 3. The van der Waals surface area contributed by atoms with Crippen molar-refractivity contribution in [3.05, 3.63) is 40.4 Å². The van der Waals surface area contributed by atoms with Crippen molar-refractivity contribution in [3.8, 4) is 10.6 Å². The summed E-state index contributed by atoms with van der Waals surface area (Å²) in [6.45, 7) is 0.669. The lowest BCUT2D eigenvalue weighted by molar-refractivity contribution is -0.122. The minimum absolute atomic E-state index is 0.121. The van der Waals surface area contributed by atoms with Crippen LogP contribution in [-0.2, 0) is 4.79 Å². The van der Waals surface area contributed by atoms with E-state index in [1.807, 2.05) is 12.1 Å². The molecule has 0 unspecified atom stereocenters. The Kier molecular flexibility index (Phi) is 4.93. The smallest absolute Gasteiger partial charge is 0.271 e. The molecule has 1 aromatic carbocycles. The van der Waals surface area contributed by atoms with E-state index in [9.17, 15) is 9.59 Å². The van der Waals surface area contributed by atoms with E-state index >= 15 is 0 Å². The second-order valence-corrected chi connectivity index (χ2v) is 6.65. The van der Waals surface area contributed by atoms with Crippen LogP contribution in [0.3, 0.4) is 0 Å². The maximum absolute atomic E-state index is 12.3. The Balaban J connectivity index is 1.70. The monoisotopic (exact) mass is 349 g/mol. The van der Waals surface area contributed by atoms with Gasteiger partial charge in [-0.2, -0.15) is 0 Å². The molecule has 1 aliphatic heterocycles. The van der Waals surface area contributed by atoms with Gasteiger partial charge < -0.3 is 10.6 Å². The Morgan fingerprint density at radius 1 is 1.30 bits per heavy atom. The zero-order valence-corrected chi connectivity index (χ0v) is 13.9. The molecule has 7 heteroatoms. The van der Waals surface area contributed by atoms with Gasteiger partial charge >= 0.3 is 0 Å². The molecule has 2 N–H and O–H groups in total. The van der Waals surface area contributed by atoms with Gasteiger partial charge in [0.25, 0.3) is 5.91 Å². The fourth-order valence-electron chi connectivity index (χ4n) is 2.41. The second-order valence-electron chi connectivity index (χ2n) is 5.36. The molecule has 1 aliphatic rings. The molecule has 1 fully saturated rings. The van der Waals surface area contributed by atoms with Gasteiger partial charge in [-0.05, 0) is 31.4 Å². The second kappa shape index (κ2) is 7.10. The predicted octanol–water partition coefficient (Wildman–Crippen LogP) is 2.86. The van der Waals surface area contributed by atoms with Gasteiger partial charge in [0, 0.05) is 22.5 Å². The minimum Gasteiger partial charge on any atom is -0.354 e. The number of amides is 2. The highest BCUT2D eigenvalue weighted by Crippen LogP contribution is 2.25. The lowest BCUT2D eigenvalue weighted by Crippen LogP contribution is -2.45. The van der Waals surface area contributed by atoms with Gasteiger partial charge in [0.1, 0.15) is 16.7 Å². The molecule has 0 saturated carbocycles. The van der Waals surface area contributed by atoms with Gasteiger partial charge in [-0.25, -0.2) is 4.98 Å². The number of carbonyl (C=O) groups excluding carboxylic acids is 2. The normalized spacial score (nSPS) is 18.1. The Morgan fingerprint density at radius 3 is 2.87 bits per heavy atom. The average Bonchev–Trinajstić information content (AvgIpc) is 2.95. The van der Waals surface area contributed by atoms with Crippen molar-refractivity contribution in [3.63, 3.8) is 0 Å². The fourth-order valence-corrected chi connectivity index (χ4v) is 3.34. The van der Waals surface area contributed by atoms with E-state index in [1.165, 1.54) is 11.3 Å². The molecular formula is C16H16ClN3O2S. The molecule has 0 aliphatic carbocycles.